The zero-order valence-corrected chi connectivity index (χ0v) is 8.20. The molecular formula is C10H17N3. The van der Waals surface area contributed by atoms with E-state index in [0.29, 0.717) is 6.54 Å². The zero-order valence-electron chi connectivity index (χ0n) is 8.20. The highest BCUT2D eigenvalue weighted by Crippen LogP contribution is 2.16. The predicted octanol–water partition coefficient (Wildman–Crippen LogP) is 0.711. The second kappa shape index (κ2) is 4.25. The Kier molecular flexibility index (Phi) is 3.28. The van der Waals surface area contributed by atoms with Crippen molar-refractivity contribution in [2.24, 2.45) is 11.5 Å². The second-order valence-electron chi connectivity index (χ2n) is 3.33. The molecule has 1 aromatic carbocycles. The largest absolute Gasteiger partial charge is 0.378 e. The maximum absolute atomic E-state index is 5.82. The summed E-state index contributed by atoms with van der Waals surface area (Å²) >= 11 is 0. The van der Waals surface area contributed by atoms with Gasteiger partial charge in [-0.05, 0) is 17.7 Å². The van der Waals surface area contributed by atoms with E-state index in [9.17, 15) is 0 Å². The first kappa shape index (κ1) is 10.0. The van der Waals surface area contributed by atoms with Gasteiger partial charge in [-0.3, -0.25) is 0 Å². The third-order valence-electron chi connectivity index (χ3n) is 2.07. The molecular weight excluding hydrogens is 162 g/mol. The summed E-state index contributed by atoms with van der Waals surface area (Å²) in [5.74, 6) is 0. The van der Waals surface area contributed by atoms with Gasteiger partial charge in [0.2, 0.25) is 0 Å². The maximum atomic E-state index is 5.82. The fraction of sp³-hybridized carbons (Fsp3) is 0.400. The topological polar surface area (TPSA) is 55.3 Å². The average molecular weight is 179 g/mol. The summed E-state index contributed by atoms with van der Waals surface area (Å²) in [5, 5.41) is 0. The van der Waals surface area contributed by atoms with Gasteiger partial charge in [0.25, 0.3) is 0 Å². The van der Waals surface area contributed by atoms with Gasteiger partial charge in [-0.1, -0.05) is 12.1 Å². The quantitative estimate of drug-likeness (QED) is 0.718. The minimum absolute atomic E-state index is 0.0556. The highest BCUT2D eigenvalue weighted by atomic mass is 15.1. The lowest BCUT2D eigenvalue weighted by atomic mass is 10.1. The first-order chi connectivity index (χ1) is 6.15. The third-order valence-corrected chi connectivity index (χ3v) is 2.07. The van der Waals surface area contributed by atoms with E-state index < -0.39 is 0 Å². The standard InChI is InChI=1S/C10H17N3/c1-13(2)9-5-3-4-8(6-9)10(12)7-11/h3-6,10H,7,11-12H2,1-2H3/t10-/m0/s1. The van der Waals surface area contributed by atoms with Crippen LogP contribution in [-0.4, -0.2) is 20.6 Å². The van der Waals surface area contributed by atoms with Gasteiger partial charge < -0.3 is 16.4 Å². The SMILES string of the molecule is CN(C)c1cccc([C@@H](N)CN)c1. The zero-order chi connectivity index (χ0) is 9.84. The first-order valence-corrected chi connectivity index (χ1v) is 4.38. The minimum Gasteiger partial charge on any atom is -0.378 e. The number of anilines is 1. The van der Waals surface area contributed by atoms with Crippen LogP contribution in [0.1, 0.15) is 11.6 Å². The van der Waals surface area contributed by atoms with Gasteiger partial charge in [-0.15, -0.1) is 0 Å². The highest BCUT2D eigenvalue weighted by Gasteiger charge is 2.04. The molecule has 13 heavy (non-hydrogen) atoms. The second-order valence-corrected chi connectivity index (χ2v) is 3.33. The van der Waals surface area contributed by atoms with Crippen molar-refractivity contribution in [3.8, 4) is 0 Å². The van der Waals surface area contributed by atoms with Gasteiger partial charge >= 0.3 is 0 Å². The number of benzene rings is 1. The summed E-state index contributed by atoms with van der Waals surface area (Å²) in [5.41, 5.74) is 13.6. The molecule has 0 aromatic heterocycles. The summed E-state index contributed by atoms with van der Waals surface area (Å²) in [6.07, 6.45) is 0. The molecule has 3 nitrogen and oxygen atoms in total. The van der Waals surface area contributed by atoms with Gasteiger partial charge in [-0.2, -0.15) is 0 Å². The van der Waals surface area contributed by atoms with Crippen molar-refractivity contribution in [2.45, 2.75) is 6.04 Å². The molecule has 0 aliphatic heterocycles. The maximum Gasteiger partial charge on any atom is 0.0420 e. The molecule has 0 radical (unpaired) electrons. The molecule has 0 fully saturated rings. The van der Waals surface area contributed by atoms with Crippen LogP contribution in [0.3, 0.4) is 0 Å². The Bertz CT molecular complexity index is 271. The third kappa shape index (κ3) is 2.44. The monoisotopic (exact) mass is 179 g/mol. The minimum atomic E-state index is -0.0556. The van der Waals surface area contributed by atoms with E-state index in [1.807, 2.05) is 37.2 Å². The molecule has 4 N–H and O–H groups in total. The van der Waals surface area contributed by atoms with Crippen LogP contribution < -0.4 is 16.4 Å². The molecule has 0 unspecified atom stereocenters. The van der Waals surface area contributed by atoms with Gasteiger partial charge in [0, 0.05) is 32.4 Å². The van der Waals surface area contributed by atoms with Crippen molar-refractivity contribution in [3.05, 3.63) is 29.8 Å². The van der Waals surface area contributed by atoms with Crippen molar-refractivity contribution in [1.29, 1.82) is 0 Å². The molecule has 0 heterocycles. The molecule has 72 valence electrons. The number of nitrogens with two attached hydrogens (primary N) is 2. The van der Waals surface area contributed by atoms with E-state index in [1.54, 1.807) is 0 Å². The fourth-order valence-corrected chi connectivity index (χ4v) is 1.17. The molecule has 1 aromatic rings. The molecule has 0 aliphatic carbocycles. The van der Waals surface area contributed by atoms with Crippen LogP contribution in [0.15, 0.2) is 24.3 Å². The Morgan fingerprint density at radius 3 is 2.62 bits per heavy atom. The van der Waals surface area contributed by atoms with E-state index in [-0.39, 0.29) is 6.04 Å². The number of nitrogens with zero attached hydrogens (tertiary/aromatic N) is 1. The molecule has 0 amide bonds. The summed E-state index contributed by atoms with van der Waals surface area (Å²) < 4.78 is 0. The van der Waals surface area contributed by atoms with Gasteiger partial charge in [0.05, 0.1) is 0 Å². The Labute approximate surface area is 79.3 Å². The van der Waals surface area contributed by atoms with Crippen LogP contribution in [0.5, 0.6) is 0 Å². The molecule has 0 saturated heterocycles. The Hall–Kier alpha value is -1.06. The molecule has 1 rings (SSSR count). The highest BCUT2D eigenvalue weighted by molar-refractivity contribution is 5.47. The van der Waals surface area contributed by atoms with Crippen LogP contribution in [0, 0.1) is 0 Å². The fourth-order valence-electron chi connectivity index (χ4n) is 1.17. The molecule has 3 heteroatoms. The van der Waals surface area contributed by atoms with Crippen molar-refractivity contribution in [3.63, 3.8) is 0 Å². The number of hydrogen-bond acceptors (Lipinski definition) is 3. The van der Waals surface area contributed by atoms with Crippen molar-refractivity contribution < 1.29 is 0 Å². The first-order valence-electron chi connectivity index (χ1n) is 4.38. The van der Waals surface area contributed by atoms with Crippen LogP contribution in [-0.2, 0) is 0 Å². The summed E-state index contributed by atoms with van der Waals surface area (Å²) in [6, 6.07) is 8.06. The smallest absolute Gasteiger partial charge is 0.0420 e. The number of hydrogen-bond donors (Lipinski definition) is 2. The normalized spacial score (nSPS) is 12.6. The van der Waals surface area contributed by atoms with Crippen LogP contribution in [0.4, 0.5) is 5.69 Å². The van der Waals surface area contributed by atoms with Crippen LogP contribution in [0.25, 0.3) is 0 Å². The van der Waals surface area contributed by atoms with E-state index in [0.717, 1.165) is 11.3 Å². The van der Waals surface area contributed by atoms with E-state index in [2.05, 4.69) is 6.07 Å². The van der Waals surface area contributed by atoms with Crippen LogP contribution in [0.2, 0.25) is 0 Å². The Balaban J connectivity index is 2.91. The van der Waals surface area contributed by atoms with Crippen molar-refractivity contribution in [2.75, 3.05) is 25.5 Å². The molecule has 1 atom stereocenters. The van der Waals surface area contributed by atoms with Crippen LogP contribution >= 0.6 is 0 Å². The molecule has 0 spiro atoms. The summed E-state index contributed by atoms with van der Waals surface area (Å²) in [7, 11) is 4.01. The van der Waals surface area contributed by atoms with Crippen molar-refractivity contribution in [1.82, 2.24) is 0 Å². The van der Waals surface area contributed by atoms with E-state index in [4.69, 9.17) is 11.5 Å². The summed E-state index contributed by atoms with van der Waals surface area (Å²) in [6.45, 7) is 0.483. The molecule has 0 aliphatic rings. The molecule has 0 saturated carbocycles. The Morgan fingerprint density at radius 2 is 2.08 bits per heavy atom. The average Bonchev–Trinajstić information content (AvgIpc) is 2.17. The lowest BCUT2D eigenvalue weighted by Crippen LogP contribution is -2.21. The lowest BCUT2D eigenvalue weighted by molar-refractivity contribution is 0.737. The van der Waals surface area contributed by atoms with Crippen molar-refractivity contribution >= 4 is 5.69 Å². The predicted molar refractivity (Wildman–Crippen MR) is 56.8 cm³/mol. The van der Waals surface area contributed by atoms with Gasteiger partial charge in [0.1, 0.15) is 0 Å². The van der Waals surface area contributed by atoms with E-state index in [1.165, 1.54) is 0 Å². The Morgan fingerprint density at radius 1 is 1.38 bits per heavy atom. The molecule has 0 bridgehead atoms. The number of rotatable bonds is 3. The van der Waals surface area contributed by atoms with Gasteiger partial charge in [-0.25, -0.2) is 0 Å². The van der Waals surface area contributed by atoms with E-state index >= 15 is 0 Å². The summed E-state index contributed by atoms with van der Waals surface area (Å²) in [4.78, 5) is 2.05. The van der Waals surface area contributed by atoms with Gasteiger partial charge in [0.15, 0.2) is 0 Å². The lowest BCUT2D eigenvalue weighted by Gasteiger charge is -2.15.